The molecule has 0 fully saturated rings. The molecule has 0 aliphatic rings. The zero-order chi connectivity index (χ0) is 16.4. The molecule has 3 aromatic rings. The van der Waals surface area contributed by atoms with Gasteiger partial charge in [0.05, 0.1) is 16.6 Å². The number of halogens is 1. The Kier molecular flexibility index (Phi) is 4.12. The molecular weight excluding hydrogens is 360 g/mol. The maximum absolute atomic E-state index is 12.1. The third-order valence-corrected chi connectivity index (χ3v) is 3.75. The number of phenols is 1. The highest BCUT2D eigenvalue weighted by Crippen LogP contribution is 2.21. The number of para-hydroxylation sites is 2. The van der Waals surface area contributed by atoms with Crippen molar-refractivity contribution >= 4 is 38.6 Å². The number of aromatic nitrogens is 2. The van der Waals surface area contributed by atoms with Gasteiger partial charge in [-0.05, 0) is 37.3 Å². The van der Waals surface area contributed by atoms with Gasteiger partial charge in [-0.2, -0.15) is 5.10 Å². The number of carbonyl (C=O) groups excluding carboxylic acids is 1. The van der Waals surface area contributed by atoms with Crippen LogP contribution in [0.5, 0.6) is 5.75 Å². The SMILES string of the molecule is C/C(=N\NC(=O)c1cc(Br)ccc1O)c1nc2ccccc2[nH]1. The molecule has 0 spiro atoms. The lowest BCUT2D eigenvalue weighted by atomic mass is 10.2. The molecule has 0 saturated heterocycles. The van der Waals surface area contributed by atoms with Gasteiger partial charge >= 0.3 is 0 Å². The van der Waals surface area contributed by atoms with Crippen LogP contribution in [-0.2, 0) is 0 Å². The summed E-state index contributed by atoms with van der Waals surface area (Å²) < 4.78 is 0.693. The van der Waals surface area contributed by atoms with Crippen molar-refractivity contribution in [3.63, 3.8) is 0 Å². The lowest BCUT2D eigenvalue weighted by Gasteiger charge is -2.04. The highest BCUT2D eigenvalue weighted by atomic mass is 79.9. The number of fused-ring (bicyclic) bond motifs is 1. The minimum absolute atomic E-state index is 0.109. The van der Waals surface area contributed by atoms with E-state index in [1.165, 1.54) is 12.1 Å². The molecule has 2 aromatic carbocycles. The second-order valence-electron chi connectivity index (χ2n) is 4.90. The number of carbonyl (C=O) groups is 1. The highest BCUT2D eigenvalue weighted by Gasteiger charge is 2.12. The predicted molar refractivity (Wildman–Crippen MR) is 91.6 cm³/mol. The van der Waals surface area contributed by atoms with E-state index in [4.69, 9.17) is 0 Å². The molecule has 0 unspecified atom stereocenters. The van der Waals surface area contributed by atoms with Crippen molar-refractivity contribution in [3.05, 3.63) is 58.3 Å². The largest absolute Gasteiger partial charge is 0.507 e. The Labute approximate surface area is 140 Å². The maximum Gasteiger partial charge on any atom is 0.275 e. The van der Waals surface area contributed by atoms with Crippen LogP contribution in [0.15, 0.2) is 52.0 Å². The minimum atomic E-state index is -0.501. The van der Waals surface area contributed by atoms with Crippen LogP contribution in [0.25, 0.3) is 11.0 Å². The van der Waals surface area contributed by atoms with Gasteiger partial charge in [0.15, 0.2) is 5.82 Å². The Morgan fingerprint density at radius 1 is 1.30 bits per heavy atom. The topological polar surface area (TPSA) is 90.4 Å². The third kappa shape index (κ3) is 3.24. The van der Waals surface area contributed by atoms with Crippen LogP contribution in [-0.4, -0.2) is 26.7 Å². The van der Waals surface area contributed by atoms with Crippen molar-refractivity contribution in [1.82, 2.24) is 15.4 Å². The van der Waals surface area contributed by atoms with Gasteiger partial charge in [0.2, 0.25) is 0 Å². The second-order valence-corrected chi connectivity index (χ2v) is 5.82. The lowest BCUT2D eigenvalue weighted by molar-refractivity contribution is 0.0952. The number of nitrogens with zero attached hydrogens (tertiary/aromatic N) is 2. The zero-order valence-electron chi connectivity index (χ0n) is 12.2. The molecule has 0 aliphatic heterocycles. The number of rotatable bonds is 3. The Morgan fingerprint density at radius 2 is 2.09 bits per heavy atom. The van der Waals surface area contributed by atoms with Crippen LogP contribution in [0.1, 0.15) is 23.1 Å². The summed E-state index contributed by atoms with van der Waals surface area (Å²) in [6, 6.07) is 12.2. The summed E-state index contributed by atoms with van der Waals surface area (Å²) in [5.74, 6) is -0.0356. The van der Waals surface area contributed by atoms with Gasteiger partial charge in [-0.25, -0.2) is 10.4 Å². The molecule has 3 N–H and O–H groups in total. The maximum atomic E-state index is 12.1. The van der Waals surface area contributed by atoms with Crippen molar-refractivity contribution in [2.24, 2.45) is 5.10 Å². The van der Waals surface area contributed by atoms with E-state index in [-0.39, 0.29) is 11.3 Å². The van der Waals surface area contributed by atoms with Gasteiger partial charge in [-0.3, -0.25) is 4.79 Å². The van der Waals surface area contributed by atoms with E-state index in [1.807, 2.05) is 24.3 Å². The molecule has 0 bridgehead atoms. The van der Waals surface area contributed by atoms with Gasteiger partial charge in [0.25, 0.3) is 5.91 Å². The van der Waals surface area contributed by atoms with E-state index in [0.717, 1.165) is 11.0 Å². The molecule has 1 amide bonds. The number of hydrogen-bond acceptors (Lipinski definition) is 4. The number of imidazole rings is 1. The van der Waals surface area contributed by atoms with E-state index in [1.54, 1.807) is 13.0 Å². The molecule has 0 radical (unpaired) electrons. The van der Waals surface area contributed by atoms with Crippen molar-refractivity contribution in [2.75, 3.05) is 0 Å². The predicted octanol–water partition coefficient (Wildman–Crippen LogP) is 3.19. The summed E-state index contributed by atoms with van der Waals surface area (Å²) in [6.45, 7) is 1.73. The lowest BCUT2D eigenvalue weighted by Crippen LogP contribution is -2.19. The van der Waals surface area contributed by atoms with E-state index in [0.29, 0.717) is 16.0 Å². The fraction of sp³-hybridized carbons (Fsp3) is 0.0625. The van der Waals surface area contributed by atoms with E-state index in [9.17, 15) is 9.90 Å². The normalized spacial score (nSPS) is 11.7. The van der Waals surface area contributed by atoms with E-state index >= 15 is 0 Å². The molecule has 6 nitrogen and oxygen atoms in total. The zero-order valence-corrected chi connectivity index (χ0v) is 13.8. The molecule has 1 aromatic heterocycles. The average molecular weight is 373 g/mol. The van der Waals surface area contributed by atoms with Crippen LogP contribution in [0, 0.1) is 0 Å². The summed E-state index contributed by atoms with van der Waals surface area (Å²) >= 11 is 3.26. The summed E-state index contributed by atoms with van der Waals surface area (Å²) in [5.41, 5.74) is 4.81. The Balaban J connectivity index is 1.81. The van der Waals surface area contributed by atoms with Gasteiger partial charge in [-0.15, -0.1) is 0 Å². The Bertz CT molecular complexity index is 884. The molecule has 0 aliphatic carbocycles. The highest BCUT2D eigenvalue weighted by molar-refractivity contribution is 9.10. The van der Waals surface area contributed by atoms with Gasteiger partial charge in [0, 0.05) is 4.47 Å². The number of hydrogen-bond donors (Lipinski definition) is 3. The molecule has 1 heterocycles. The van der Waals surface area contributed by atoms with E-state index in [2.05, 4.69) is 36.4 Å². The van der Waals surface area contributed by atoms with Crippen molar-refractivity contribution < 1.29 is 9.90 Å². The summed E-state index contributed by atoms with van der Waals surface area (Å²) in [7, 11) is 0. The number of nitrogens with one attached hydrogen (secondary N) is 2. The number of aromatic hydroxyl groups is 1. The number of hydrazone groups is 1. The molecule has 3 rings (SSSR count). The monoisotopic (exact) mass is 372 g/mol. The van der Waals surface area contributed by atoms with Gasteiger partial charge in [0.1, 0.15) is 11.5 Å². The van der Waals surface area contributed by atoms with Crippen LogP contribution >= 0.6 is 15.9 Å². The van der Waals surface area contributed by atoms with E-state index < -0.39 is 5.91 Å². The van der Waals surface area contributed by atoms with Crippen LogP contribution < -0.4 is 5.43 Å². The van der Waals surface area contributed by atoms with Crippen LogP contribution in [0.3, 0.4) is 0 Å². The summed E-state index contributed by atoms with van der Waals surface area (Å²) in [5, 5.41) is 13.8. The third-order valence-electron chi connectivity index (χ3n) is 3.26. The molecule has 0 atom stereocenters. The quantitative estimate of drug-likeness (QED) is 0.487. The molecule has 0 saturated carbocycles. The number of phenolic OH excluding ortho intramolecular Hbond substituents is 1. The summed E-state index contributed by atoms with van der Waals surface area (Å²) in [4.78, 5) is 19.6. The Hall–Kier alpha value is -2.67. The minimum Gasteiger partial charge on any atom is -0.507 e. The smallest absolute Gasteiger partial charge is 0.275 e. The first kappa shape index (κ1) is 15.2. The molecular formula is C16H13BrN4O2. The number of H-pyrrole nitrogens is 1. The van der Waals surface area contributed by atoms with Crippen molar-refractivity contribution in [1.29, 1.82) is 0 Å². The van der Waals surface area contributed by atoms with Crippen molar-refractivity contribution in [3.8, 4) is 5.75 Å². The summed E-state index contributed by atoms with van der Waals surface area (Å²) in [6.07, 6.45) is 0. The van der Waals surface area contributed by atoms with Gasteiger partial charge < -0.3 is 10.1 Å². The van der Waals surface area contributed by atoms with Gasteiger partial charge in [-0.1, -0.05) is 28.1 Å². The fourth-order valence-electron chi connectivity index (χ4n) is 2.06. The van der Waals surface area contributed by atoms with Crippen LogP contribution in [0.2, 0.25) is 0 Å². The standard InChI is InChI=1S/C16H13BrN4O2/c1-9(15-18-12-4-2-3-5-13(12)19-15)20-21-16(23)11-8-10(17)6-7-14(11)22/h2-8,22H,1H3,(H,18,19)(H,21,23)/b20-9+. The molecule has 116 valence electrons. The van der Waals surface area contributed by atoms with Crippen LogP contribution in [0.4, 0.5) is 0 Å². The first-order chi connectivity index (χ1) is 11.0. The Morgan fingerprint density at radius 3 is 2.87 bits per heavy atom. The second kappa shape index (κ2) is 6.21. The number of aromatic amines is 1. The average Bonchev–Trinajstić information content (AvgIpc) is 2.98. The van der Waals surface area contributed by atoms with Crippen molar-refractivity contribution in [2.45, 2.75) is 6.92 Å². The number of benzene rings is 2. The molecule has 23 heavy (non-hydrogen) atoms. The first-order valence-electron chi connectivity index (χ1n) is 6.83. The number of amides is 1. The first-order valence-corrected chi connectivity index (χ1v) is 7.62. The molecule has 7 heteroatoms. The fourth-order valence-corrected chi connectivity index (χ4v) is 2.42.